The second-order valence-corrected chi connectivity index (χ2v) is 6.51. The van der Waals surface area contributed by atoms with Gasteiger partial charge >= 0.3 is 0 Å². The van der Waals surface area contributed by atoms with Crippen molar-refractivity contribution in [3.05, 3.63) is 28.2 Å². The molecule has 1 aromatic rings. The maximum Gasteiger partial charge on any atom is 0.0992 e. The van der Waals surface area contributed by atoms with Crippen molar-refractivity contribution in [2.24, 2.45) is 11.8 Å². The van der Waals surface area contributed by atoms with Crippen LogP contribution in [-0.2, 0) is 0 Å². The predicted octanol–water partition coefficient (Wildman–Crippen LogP) is 4.95. The molecular weight excluding hydrogens is 300 g/mol. The molecule has 0 aromatic heterocycles. The fourth-order valence-corrected chi connectivity index (χ4v) is 3.48. The van der Waals surface area contributed by atoms with Gasteiger partial charge in [-0.1, -0.05) is 26.2 Å². The smallest absolute Gasteiger partial charge is 0.0992 e. The molecule has 1 saturated carbocycles. The molecule has 2 rings (SSSR count). The van der Waals surface area contributed by atoms with Gasteiger partial charge < -0.3 is 5.32 Å². The van der Waals surface area contributed by atoms with E-state index >= 15 is 0 Å². The minimum Gasteiger partial charge on any atom is -0.384 e. The van der Waals surface area contributed by atoms with Crippen LogP contribution in [0, 0.1) is 23.2 Å². The molecule has 1 aliphatic rings. The second-order valence-electron chi connectivity index (χ2n) is 5.66. The van der Waals surface area contributed by atoms with Crippen molar-refractivity contribution >= 4 is 21.6 Å². The van der Waals surface area contributed by atoms with Crippen LogP contribution in [0.2, 0.25) is 0 Å². The molecule has 102 valence electrons. The van der Waals surface area contributed by atoms with Crippen LogP contribution >= 0.6 is 15.9 Å². The number of nitrogens with zero attached hydrogens (tertiary/aromatic N) is 1. The molecule has 0 spiro atoms. The Morgan fingerprint density at radius 3 is 2.95 bits per heavy atom. The van der Waals surface area contributed by atoms with E-state index in [1.54, 1.807) is 0 Å². The number of benzene rings is 1. The molecule has 0 amide bonds. The minimum absolute atomic E-state index is 0.693. The van der Waals surface area contributed by atoms with Gasteiger partial charge in [0.25, 0.3) is 0 Å². The van der Waals surface area contributed by atoms with Gasteiger partial charge in [0, 0.05) is 16.7 Å². The van der Waals surface area contributed by atoms with Crippen LogP contribution in [0.5, 0.6) is 0 Å². The quantitative estimate of drug-likeness (QED) is 0.852. The summed E-state index contributed by atoms with van der Waals surface area (Å²) in [5.41, 5.74) is 1.78. The van der Waals surface area contributed by atoms with Crippen LogP contribution in [0.4, 0.5) is 5.69 Å². The number of rotatable bonds is 4. The molecule has 0 heterocycles. The molecular formula is C16H21BrN2. The Hall–Kier alpha value is -1.01. The van der Waals surface area contributed by atoms with Crippen molar-refractivity contribution in [1.29, 1.82) is 5.26 Å². The van der Waals surface area contributed by atoms with Crippen LogP contribution in [0.25, 0.3) is 0 Å². The highest BCUT2D eigenvalue weighted by Crippen LogP contribution is 2.31. The van der Waals surface area contributed by atoms with E-state index in [2.05, 4.69) is 34.2 Å². The number of nitriles is 1. The van der Waals surface area contributed by atoms with Gasteiger partial charge in [0.2, 0.25) is 0 Å². The molecule has 1 aromatic carbocycles. The zero-order chi connectivity index (χ0) is 13.7. The predicted molar refractivity (Wildman–Crippen MR) is 83.1 cm³/mol. The van der Waals surface area contributed by atoms with Gasteiger partial charge in [-0.25, -0.2) is 0 Å². The highest BCUT2D eigenvalue weighted by atomic mass is 79.9. The summed E-state index contributed by atoms with van der Waals surface area (Å²) < 4.78 is 0.976. The molecule has 0 aliphatic heterocycles. The van der Waals surface area contributed by atoms with E-state index in [4.69, 9.17) is 5.26 Å². The molecule has 0 radical (unpaired) electrons. The monoisotopic (exact) mass is 320 g/mol. The summed E-state index contributed by atoms with van der Waals surface area (Å²) >= 11 is 3.51. The summed E-state index contributed by atoms with van der Waals surface area (Å²) in [6, 6.07) is 7.85. The van der Waals surface area contributed by atoms with E-state index in [0.29, 0.717) is 5.56 Å². The Labute approximate surface area is 124 Å². The van der Waals surface area contributed by atoms with Crippen LogP contribution in [0.3, 0.4) is 0 Å². The molecule has 2 nitrogen and oxygen atoms in total. The highest BCUT2D eigenvalue weighted by molar-refractivity contribution is 9.10. The molecule has 0 bridgehead atoms. The summed E-state index contributed by atoms with van der Waals surface area (Å²) in [6.07, 6.45) is 6.82. The van der Waals surface area contributed by atoms with Crippen LogP contribution in [0.15, 0.2) is 22.7 Å². The molecule has 1 aliphatic carbocycles. The van der Waals surface area contributed by atoms with Gasteiger partial charge in [-0.3, -0.25) is 0 Å². The zero-order valence-electron chi connectivity index (χ0n) is 11.5. The largest absolute Gasteiger partial charge is 0.384 e. The average molecular weight is 321 g/mol. The molecule has 0 saturated heterocycles. The van der Waals surface area contributed by atoms with E-state index in [9.17, 15) is 0 Å². The first-order valence-electron chi connectivity index (χ1n) is 7.12. The zero-order valence-corrected chi connectivity index (χ0v) is 13.0. The lowest BCUT2D eigenvalue weighted by Crippen LogP contribution is -2.16. The van der Waals surface area contributed by atoms with Crippen molar-refractivity contribution < 1.29 is 0 Å². The van der Waals surface area contributed by atoms with Crippen molar-refractivity contribution in [2.45, 2.75) is 39.0 Å². The number of nitrogens with one attached hydrogen (secondary N) is 1. The van der Waals surface area contributed by atoms with Crippen LogP contribution < -0.4 is 5.32 Å². The van der Waals surface area contributed by atoms with E-state index in [1.807, 2.05) is 18.2 Å². The van der Waals surface area contributed by atoms with Gasteiger partial charge in [0.15, 0.2) is 0 Å². The van der Waals surface area contributed by atoms with Crippen molar-refractivity contribution in [3.8, 4) is 6.07 Å². The molecule has 19 heavy (non-hydrogen) atoms. The van der Waals surface area contributed by atoms with Gasteiger partial charge in [0.05, 0.1) is 11.6 Å². The van der Waals surface area contributed by atoms with E-state index in [0.717, 1.165) is 28.5 Å². The molecule has 2 unspecified atom stereocenters. The first-order chi connectivity index (χ1) is 9.19. The lowest BCUT2D eigenvalue weighted by molar-refractivity contribution is 0.274. The molecule has 3 heteroatoms. The van der Waals surface area contributed by atoms with Gasteiger partial charge in [-0.05, 0) is 58.8 Å². The first kappa shape index (κ1) is 14.4. The number of anilines is 1. The normalized spacial score (nSPS) is 22.8. The second kappa shape index (κ2) is 6.96. The summed E-state index contributed by atoms with van der Waals surface area (Å²) in [4.78, 5) is 0. The minimum atomic E-state index is 0.693. The SMILES string of the molecule is CC1CCCC(CCNc2ccc(C#N)cc2Br)C1. The Morgan fingerprint density at radius 2 is 2.26 bits per heavy atom. The maximum atomic E-state index is 8.83. The molecule has 1 N–H and O–H groups in total. The van der Waals surface area contributed by atoms with Gasteiger partial charge in [-0.15, -0.1) is 0 Å². The summed E-state index contributed by atoms with van der Waals surface area (Å²) in [5, 5.41) is 12.3. The van der Waals surface area contributed by atoms with E-state index < -0.39 is 0 Å². The Balaban J connectivity index is 1.81. The topological polar surface area (TPSA) is 35.8 Å². The molecule has 2 atom stereocenters. The summed E-state index contributed by atoms with van der Waals surface area (Å²) in [5.74, 6) is 1.79. The third kappa shape index (κ3) is 4.24. The fraction of sp³-hybridized carbons (Fsp3) is 0.562. The number of halogens is 1. The Morgan fingerprint density at radius 1 is 1.42 bits per heavy atom. The Bertz CT molecular complexity index is 464. The van der Waals surface area contributed by atoms with Crippen molar-refractivity contribution in [1.82, 2.24) is 0 Å². The third-order valence-electron chi connectivity index (χ3n) is 4.01. The number of hydrogen-bond acceptors (Lipinski definition) is 2. The molecule has 1 fully saturated rings. The summed E-state index contributed by atoms with van der Waals surface area (Å²) in [6.45, 7) is 3.39. The fourth-order valence-electron chi connectivity index (χ4n) is 2.96. The lowest BCUT2D eigenvalue weighted by atomic mass is 9.81. The lowest BCUT2D eigenvalue weighted by Gasteiger charge is -2.26. The van der Waals surface area contributed by atoms with Crippen molar-refractivity contribution in [2.75, 3.05) is 11.9 Å². The Kier molecular flexibility index (Phi) is 5.27. The van der Waals surface area contributed by atoms with Crippen molar-refractivity contribution in [3.63, 3.8) is 0 Å². The van der Waals surface area contributed by atoms with Crippen LogP contribution in [-0.4, -0.2) is 6.54 Å². The van der Waals surface area contributed by atoms with E-state index in [-0.39, 0.29) is 0 Å². The summed E-state index contributed by atoms with van der Waals surface area (Å²) in [7, 11) is 0. The highest BCUT2D eigenvalue weighted by Gasteiger charge is 2.18. The third-order valence-corrected chi connectivity index (χ3v) is 4.67. The van der Waals surface area contributed by atoms with E-state index in [1.165, 1.54) is 32.1 Å². The van der Waals surface area contributed by atoms with Gasteiger partial charge in [0.1, 0.15) is 0 Å². The maximum absolute atomic E-state index is 8.83. The van der Waals surface area contributed by atoms with Crippen LogP contribution in [0.1, 0.15) is 44.6 Å². The first-order valence-corrected chi connectivity index (χ1v) is 7.92. The average Bonchev–Trinajstić information content (AvgIpc) is 2.40. The standard InChI is InChI=1S/C16H21BrN2/c1-12-3-2-4-13(9-12)7-8-19-16-6-5-14(11-18)10-15(16)17/h5-6,10,12-13,19H,2-4,7-9H2,1H3. The number of hydrogen-bond donors (Lipinski definition) is 1. The van der Waals surface area contributed by atoms with Gasteiger partial charge in [-0.2, -0.15) is 5.26 Å².